The number of halogens is 3. The van der Waals surface area contributed by atoms with Crippen LogP contribution in [0.1, 0.15) is 28.4 Å². The molecule has 6 heteroatoms. The van der Waals surface area contributed by atoms with Gasteiger partial charge in [-0.15, -0.1) is 0 Å². The molecule has 0 N–H and O–H groups in total. The van der Waals surface area contributed by atoms with Gasteiger partial charge in [0.25, 0.3) is 0 Å². The molecule has 3 nitrogen and oxygen atoms in total. The first-order valence-corrected chi connectivity index (χ1v) is 6.36. The van der Waals surface area contributed by atoms with Crippen molar-refractivity contribution in [1.29, 1.82) is 0 Å². The fraction of sp³-hybridized carbons (Fsp3) is 0.267. The highest BCUT2D eigenvalue weighted by Crippen LogP contribution is 2.29. The van der Waals surface area contributed by atoms with Gasteiger partial charge in [-0.1, -0.05) is 0 Å². The summed E-state index contributed by atoms with van der Waals surface area (Å²) in [6.07, 6.45) is -1.13. The zero-order chi connectivity index (χ0) is 15.6. The number of rotatable bonds is 3. The molecule has 0 fully saturated rings. The lowest BCUT2D eigenvalue weighted by molar-refractivity contribution is -0.137. The number of aryl methyl sites for hydroxylation is 1. The minimum atomic E-state index is -4.36. The number of ether oxygens (including phenoxy) is 1. The van der Waals surface area contributed by atoms with E-state index in [4.69, 9.17) is 4.74 Å². The number of hydrogen-bond donors (Lipinski definition) is 0. The molecule has 2 aromatic rings. The van der Waals surface area contributed by atoms with Crippen LogP contribution in [-0.2, 0) is 10.9 Å². The highest BCUT2D eigenvalue weighted by atomic mass is 19.4. The molecule has 0 saturated carbocycles. The third kappa shape index (κ3) is 3.26. The molecular formula is C15H14F3NO2. The van der Waals surface area contributed by atoms with E-state index in [0.717, 1.165) is 12.1 Å². The van der Waals surface area contributed by atoms with E-state index in [-0.39, 0.29) is 6.61 Å². The molecule has 0 aliphatic heterocycles. The molecule has 0 atom stereocenters. The van der Waals surface area contributed by atoms with Gasteiger partial charge in [-0.2, -0.15) is 13.2 Å². The number of carbonyl (C=O) groups excluding carboxylic acids is 1. The van der Waals surface area contributed by atoms with E-state index in [1.54, 1.807) is 30.8 Å². The lowest BCUT2D eigenvalue weighted by atomic mass is 10.2. The summed E-state index contributed by atoms with van der Waals surface area (Å²) in [6.45, 7) is 3.72. The van der Waals surface area contributed by atoms with Crippen LogP contribution < -0.4 is 0 Å². The van der Waals surface area contributed by atoms with Gasteiger partial charge in [-0.05, 0) is 43.7 Å². The molecule has 1 heterocycles. The van der Waals surface area contributed by atoms with Gasteiger partial charge in [0.1, 0.15) is 0 Å². The maximum Gasteiger partial charge on any atom is 0.416 e. The van der Waals surface area contributed by atoms with Gasteiger partial charge in [0, 0.05) is 18.1 Å². The van der Waals surface area contributed by atoms with Crippen LogP contribution in [0.3, 0.4) is 0 Å². The Morgan fingerprint density at radius 2 is 1.81 bits per heavy atom. The molecule has 21 heavy (non-hydrogen) atoms. The lowest BCUT2D eigenvalue weighted by Crippen LogP contribution is -2.05. The van der Waals surface area contributed by atoms with Gasteiger partial charge in [-0.25, -0.2) is 4.79 Å². The molecule has 0 bridgehead atoms. The maximum absolute atomic E-state index is 12.5. The lowest BCUT2D eigenvalue weighted by Gasteiger charge is -2.08. The fourth-order valence-corrected chi connectivity index (χ4v) is 1.95. The predicted molar refractivity (Wildman–Crippen MR) is 71.5 cm³/mol. The van der Waals surface area contributed by atoms with Crippen LogP contribution in [0.2, 0.25) is 0 Å². The molecule has 1 aromatic carbocycles. The molecule has 0 radical (unpaired) electrons. The molecule has 0 aliphatic rings. The first-order valence-electron chi connectivity index (χ1n) is 6.36. The quantitative estimate of drug-likeness (QED) is 0.802. The summed E-state index contributed by atoms with van der Waals surface area (Å²) >= 11 is 0. The Kier molecular flexibility index (Phi) is 4.06. The molecule has 0 unspecified atom stereocenters. The normalized spacial score (nSPS) is 11.5. The summed E-state index contributed by atoms with van der Waals surface area (Å²) in [5.74, 6) is -0.444. The van der Waals surface area contributed by atoms with Gasteiger partial charge in [0.2, 0.25) is 0 Å². The Hall–Kier alpha value is -2.24. The zero-order valence-electron chi connectivity index (χ0n) is 11.6. The summed E-state index contributed by atoms with van der Waals surface area (Å²) in [5.41, 5.74) is 0.937. The van der Waals surface area contributed by atoms with Crippen molar-refractivity contribution in [2.75, 3.05) is 6.61 Å². The van der Waals surface area contributed by atoms with Crippen LogP contribution in [-0.4, -0.2) is 17.1 Å². The molecule has 0 aliphatic carbocycles. The maximum atomic E-state index is 12.5. The monoisotopic (exact) mass is 297 g/mol. The van der Waals surface area contributed by atoms with Gasteiger partial charge >= 0.3 is 12.1 Å². The Morgan fingerprint density at radius 1 is 1.19 bits per heavy atom. The first kappa shape index (κ1) is 15.2. The number of hydrogen-bond acceptors (Lipinski definition) is 2. The van der Waals surface area contributed by atoms with E-state index >= 15 is 0 Å². The average molecular weight is 297 g/mol. The summed E-state index contributed by atoms with van der Waals surface area (Å²) in [6, 6.07) is 4.73. The molecule has 112 valence electrons. The number of benzene rings is 1. The van der Waals surface area contributed by atoms with E-state index in [2.05, 4.69) is 0 Å². The van der Waals surface area contributed by atoms with Crippen LogP contribution in [0.4, 0.5) is 13.2 Å². The highest BCUT2D eigenvalue weighted by molar-refractivity contribution is 5.91. The van der Waals surface area contributed by atoms with Crippen molar-refractivity contribution >= 4 is 5.97 Å². The van der Waals surface area contributed by atoms with Crippen LogP contribution in [0.25, 0.3) is 5.69 Å². The smallest absolute Gasteiger partial charge is 0.416 e. The van der Waals surface area contributed by atoms with Gasteiger partial charge in [0.15, 0.2) is 0 Å². The SMILES string of the molecule is CCOC(=O)c1cn(-c2ccc(C(F)(F)F)cc2)cc1C. The molecule has 0 amide bonds. The fourth-order valence-electron chi connectivity index (χ4n) is 1.95. The second-order valence-corrected chi connectivity index (χ2v) is 4.53. The number of nitrogens with zero attached hydrogens (tertiary/aromatic N) is 1. The van der Waals surface area contributed by atoms with E-state index in [9.17, 15) is 18.0 Å². The van der Waals surface area contributed by atoms with E-state index in [1.165, 1.54) is 12.1 Å². The van der Waals surface area contributed by atoms with Crippen molar-refractivity contribution in [1.82, 2.24) is 4.57 Å². The summed E-state index contributed by atoms with van der Waals surface area (Å²) < 4.78 is 44.1. The Labute approximate surface area is 120 Å². The predicted octanol–water partition coefficient (Wildman–Crippen LogP) is 3.98. The van der Waals surface area contributed by atoms with E-state index in [1.807, 2.05) is 0 Å². The number of alkyl halides is 3. The molecule has 1 aromatic heterocycles. The summed E-state index contributed by atoms with van der Waals surface area (Å²) in [7, 11) is 0. The topological polar surface area (TPSA) is 31.2 Å². The van der Waals surface area contributed by atoms with Crippen LogP contribution in [0.15, 0.2) is 36.7 Å². The largest absolute Gasteiger partial charge is 0.462 e. The standard InChI is InChI=1S/C15H14F3NO2/c1-3-21-14(20)13-9-19(8-10(13)2)12-6-4-11(5-7-12)15(16,17)18/h4-9H,3H2,1-2H3. The third-order valence-corrected chi connectivity index (χ3v) is 3.01. The Bertz CT molecular complexity index is 642. The first-order chi connectivity index (χ1) is 9.82. The van der Waals surface area contributed by atoms with Gasteiger partial charge in [0.05, 0.1) is 17.7 Å². The highest BCUT2D eigenvalue weighted by Gasteiger charge is 2.30. The average Bonchev–Trinajstić information content (AvgIpc) is 2.80. The Morgan fingerprint density at radius 3 is 2.33 bits per heavy atom. The van der Waals surface area contributed by atoms with Crippen molar-refractivity contribution in [2.24, 2.45) is 0 Å². The van der Waals surface area contributed by atoms with Crippen LogP contribution in [0.5, 0.6) is 0 Å². The van der Waals surface area contributed by atoms with Gasteiger partial charge < -0.3 is 9.30 Å². The third-order valence-electron chi connectivity index (χ3n) is 3.01. The molecule has 0 spiro atoms. The summed E-state index contributed by atoms with van der Waals surface area (Å²) in [4.78, 5) is 11.7. The number of aromatic nitrogens is 1. The summed E-state index contributed by atoms with van der Waals surface area (Å²) in [5, 5.41) is 0. The molecular weight excluding hydrogens is 283 g/mol. The zero-order valence-corrected chi connectivity index (χ0v) is 11.6. The minimum absolute atomic E-state index is 0.268. The molecule has 2 rings (SSSR count). The van der Waals surface area contributed by atoms with Crippen LogP contribution in [0, 0.1) is 6.92 Å². The van der Waals surface area contributed by atoms with Crippen molar-refractivity contribution < 1.29 is 22.7 Å². The van der Waals surface area contributed by atoms with Gasteiger partial charge in [-0.3, -0.25) is 0 Å². The second-order valence-electron chi connectivity index (χ2n) is 4.53. The van der Waals surface area contributed by atoms with Crippen molar-refractivity contribution in [3.05, 3.63) is 53.3 Å². The van der Waals surface area contributed by atoms with Crippen molar-refractivity contribution in [2.45, 2.75) is 20.0 Å². The number of carbonyl (C=O) groups is 1. The van der Waals surface area contributed by atoms with Crippen LogP contribution >= 0.6 is 0 Å². The van der Waals surface area contributed by atoms with Crippen molar-refractivity contribution in [3.8, 4) is 5.69 Å². The van der Waals surface area contributed by atoms with E-state index in [0.29, 0.717) is 16.8 Å². The molecule has 0 saturated heterocycles. The van der Waals surface area contributed by atoms with E-state index < -0.39 is 17.7 Å². The minimum Gasteiger partial charge on any atom is -0.462 e. The number of esters is 1. The second kappa shape index (κ2) is 5.63. The Balaban J connectivity index is 2.31. The van der Waals surface area contributed by atoms with Crippen molar-refractivity contribution in [3.63, 3.8) is 0 Å².